The van der Waals surface area contributed by atoms with Crippen LogP contribution in [0.25, 0.3) is 11.0 Å². The second-order valence-electron chi connectivity index (χ2n) is 11.0. The number of imidazole rings is 1. The summed E-state index contributed by atoms with van der Waals surface area (Å²) in [4.78, 5) is 18.9. The van der Waals surface area contributed by atoms with Crippen molar-refractivity contribution in [3.63, 3.8) is 0 Å². The zero-order valence-corrected chi connectivity index (χ0v) is 24.6. The highest BCUT2D eigenvalue weighted by Crippen LogP contribution is 2.42. The van der Waals surface area contributed by atoms with Crippen LogP contribution in [0.4, 0.5) is 28.9 Å². The van der Waals surface area contributed by atoms with Crippen molar-refractivity contribution in [1.82, 2.24) is 9.55 Å². The van der Waals surface area contributed by atoms with Gasteiger partial charge in [0.25, 0.3) is 0 Å². The molecule has 0 spiro atoms. The number of aryl methyl sites for hydroxylation is 2. The molecule has 222 valence electrons. The van der Waals surface area contributed by atoms with Gasteiger partial charge in [-0.25, -0.2) is 9.37 Å². The summed E-state index contributed by atoms with van der Waals surface area (Å²) in [5.74, 6) is -1.27. The number of nitrogens with two attached hydrogens (primary N) is 1. The molecule has 3 N–H and O–H groups in total. The van der Waals surface area contributed by atoms with Gasteiger partial charge in [0.05, 0.1) is 22.3 Å². The van der Waals surface area contributed by atoms with E-state index in [4.69, 9.17) is 5.73 Å². The lowest BCUT2D eigenvalue weighted by atomic mass is 9.68. The molecule has 1 saturated carbocycles. The van der Waals surface area contributed by atoms with E-state index in [1.807, 2.05) is 52.2 Å². The maximum absolute atomic E-state index is 14.4. The molecule has 6 nitrogen and oxygen atoms in total. The molecule has 0 saturated heterocycles. The number of benzene rings is 3. The summed E-state index contributed by atoms with van der Waals surface area (Å²) < 4.78 is 57.3. The number of carbonyl (C=O) groups excluding carboxylic acids is 1. The standard InChI is InChI=1S/C31H33F4N5OS/c1-17-24(14-21(36)15-25(17)30(41)38-27-11-7-20(13-26(27)32)31(33,34)35)19-5-8-22(9-6-19)40(4)42-23-10-12-29-28(16-23)37-18(2)39(29)3/h5-13,16-17,21,24-25H,14-15,36H2,1-4H3,(H,38,41)/t17-,21+,24?,25?/m1/s1. The van der Waals surface area contributed by atoms with Crippen LogP contribution in [0.5, 0.6) is 0 Å². The second kappa shape index (κ2) is 11.6. The van der Waals surface area contributed by atoms with Gasteiger partial charge >= 0.3 is 6.18 Å². The second-order valence-corrected chi connectivity index (χ2v) is 12.2. The van der Waals surface area contributed by atoms with E-state index < -0.39 is 29.4 Å². The maximum Gasteiger partial charge on any atom is 0.416 e. The first-order valence-corrected chi connectivity index (χ1v) is 14.5. The van der Waals surface area contributed by atoms with Crippen LogP contribution in [0.1, 0.15) is 42.6 Å². The van der Waals surface area contributed by atoms with Crippen molar-refractivity contribution >= 4 is 40.3 Å². The van der Waals surface area contributed by atoms with Crippen LogP contribution >= 0.6 is 11.9 Å². The highest BCUT2D eigenvalue weighted by Gasteiger charge is 2.39. The van der Waals surface area contributed by atoms with E-state index in [2.05, 4.69) is 37.4 Å². The Labute approximate surface area is 246 Å². The van der Waals surface area contributed by atoms with Crippen LogP contribution < -0.4 is 15.4 Å². The van der Waals surface area contributed by atoms with Gasteiger partial charge in [0.15, 0.2) is 0 Å². The lowest BCUT2D eigenvalue weighted by molar-refractivity contribution is -0.137. The lowest BCUT2D eigenvalue weighted by Crippen LogP contribution is -2.42. The van der Waals surface area contributed by atoms with Crippen molar-refractivity contribution in [2.24, 2.45) is 24.6 Å². The van der Waals surface area contributed by atoms with Crippen molar-refractivity contribution in [3.8, 4) is 0 Å². The highest BCUT2D eigenvalue weighted by molar-refractivity contribution is 8.00. The minimum atomic E-state index is -4.67. The lowest BCUT2D eigenvalue weighted by Gasteiger charge is -2.38. The van der Waals surface area contributed by atoms with Crippen LogP contribution in [0.15, 0.2) is 65.6 Å². The SMILES string of the molecule is Cc1nc2cc(SN(C)c3ccc(C4C[C@H](N)CC(C(=O)Nc5ccc(C(F)(F)F)cc5F)[C@@H]4C)cc3)ccc2n1C. The molecular formula is C31H33F4N5OS. The number of nitrogens with one attached hydrogen (secondary N) is 1. The Hall–Kier alpha value is -3.57. The fourth-order valence-corrected chi connectivity index (χ4v) is 6.60. The summed E-state index contributed by atoms with van der Waals surface area (Å²) in [6, 6.07) is 16.2. The fourth-order valence-electron chi connectivity index (χ4n) is 5.76. The topological polar surface area (TPSA) is 76.2 Å². The Morgan fingerprint density at radius 2 is 1.81 bits per heavy atom. The predicted molar refractivity (Wildman–Crippen MR) is 159 cm³/mol. The van der Waals surface area contributed by atoms with Crippen LogP contribution in [-0.4, -0.2) is 28.5 Å². The smallest absolute Gasteiger partial charge is 0.331 e. The molecule has 0 bridgehead atoms. The van der Waals surface area contributed by atoms with Crippen molar-refractivity contribution < 1.29 is 22.4 Å². The average molecular weight is 600 g/mol. The molecule has 5 rings (SSSR count). The quantitative estimate of drug-likeness (QED) is 0.180. The Morgan fingerprint density at radius 3 is 2.48 bits per heavy atom. The van der Waals surface area contributed by atoms with Gasteiger partial charge in [0, 0.05) is 36.6 Å². The zero-order valence-electron chi connectivity index (χ0n) is 23.7. The monoisotopic (exact) mass is 599 g/mol. The van der Waals surface area contributed by atoms with Gasteiger partial charge in [-0.15, -0.1) is 0 Å². The largest absolute Gasteiger partial charge is 0.416 e. The van der Waals surface area contributed by atoms with Gasteiger partial charge in [0.2, 0.25) is 5.91 Å². The first-order chi connectivity index (χ1) is 19.8. The molecule has 4 aromatic rings. The molecule has 3 aromatic carbocycles. The number of hydrogen-bond donors (Lipinski definition) is 2. The summed E-state index contributed by atoms with van der Waals surface area (Å²) in [7, 11) is 3.99. The summed E-state index contributed by atoms with van der Waals surface area (Å²) in [6.07, 6.45) is -3.58. The minimum absolute atomic E-state index is 0.0104. The number of fused-ring (bicyclic) bond motifs is 1. The molecular weight excluding hydrogens is 566 g/mol. The summed E-state index contributed by atoms with van der Waals surface area (Å²) in [5, 5.41) is 2.49. The van der Waals surface area contributed by atoms with Gasteiger partial charge in [0.1, 0.15) is 11.6 Å². The molecule has 1 fully saturated rings. The Bertz CT molecular complexity index is 1600. The van der Waals surface area contributed by atoms with Gasteiger partial charge in [-0.1, -0.05) is 19.1 Å². The van der Waals surface area contributed by atoms with E-state index in [1.165, 1.54) is 0 Å². The summed E-state index contributed by atoms with van der Waals surface area (Å²) in [6.45, 7) is 3.95. The number of anilines is 2. The minimum Gasteiger partial charge on any atom is -0.331 e. The molecule has 2 unspecified atom stereocenters. The Morgan fingerprint density at radius 1 is 1.10 bits per heavy atom. The highest BCUT2D eigenvalue weighted by atomic mass is 32.2. The van der Waals surface area contributed by atoms with Crippen LogP contribution in [0.3, 0.4) is 0 Å². The molecule has 1 aliphatic rings. The Balaban J connectivity index is 1.27. The van der Waals surface area contributed by atoms with Crippen molar-refractivity contribution in [2.45, 2.75) is 49.7 Å². The number of aromatic nitrogens is 2. The summed E-state index contributed by atoms with van der Waals surface area (Å²) >= 11 is 1.60. The Kier molecular flexibility index (Phi) is 8.26. The van der Waals surface area contributed by atoms with Crippen molar-refractivity contribution in [1.29, 1.82) is 0 Å². The molecule has 42 heavy (non-hydrogen) atoms. The number of halogens is 4. The maximum atomic E-state index is 14.4. The third-order valence-electron chi connectivity index (χ3n) is 8.28. The molecule has 1 aliphatic carbocycles. The van der Waals surface area contributed by atoms with E-state index in [9.17, 15) is 22.4 Å². The van der Waals surface area contributed by atoms with E-state index in [0.717, 1.165) is 45.1 Å². The first kappa shape index (κ1) is 29.9. The molecule has 11 heteroatoms. The number of rotatable bonds is 6. The van der Waals surface area contributed by atoms with Gasteiger partial charge in [-0.2, -0.15) is 13.2 Å². The van der Waals surface area contributed by atoms with Crippen molar-refractivity contribution in [2.75, 3.05) is 16.7 Å². The van der Waals surface area contributed by atoms with Crippen LogP contribution in [0.2, 0.25) is 0 Å². The van der Waals surface area contributed by atoms with E-state index in [-0.39, 0.29) is 23.6 Å². The molecule has 1 heterocycles. The van der Waals surface area contributed by atoms with Crippen LogP contribution in [0, 0.1) is 24.6 Å². The first-order valence-electron chi connectivity index (χ1n) is 13.7. The zero-order chi connectivity index (χ0) is 30.3. The van der Waals surface area contributed by atoms with Crippen LogP contribution in [-0.2, 0) is 18.0 Å². The normalized spacial score (nSPS) is 21.0. The predicted octanol–water partition coefficient (Wildman–Crippen LogP) is 7.28. The number of hydrogen-bond acceptors (Lipinski definition) is 5. The number of nitrogens with zero attached hydrogens (tertiary/aromatic N) is 3. The van der Waals surface area contributed by atoms with Crippen molar-refractivity contribution in [3.05, 3.63) is 83.4 Å². The average Bonchev–Trinajstić information content (AvgIpc) is 3.22. The van der Waals surface area contributed by atoms with Gasteiger partial charge in [-0.05, 0) is 97.6 Å². The third-order valence-corrected chi connectivity index (χ3v) is 9.23. The van der Waals surface area contributed by atoms with E-state index in [0.29, 0.717) is 18.9 Å². The van der Waals surface area contributed by atoms with E-state index >= 15 is 0 Å². The fraction of sp³-hybridized carbons (Fsp3) is 0.355. The molecule has 1 amide bonds. The molecule has 0 aliphatic heterocycles. The molecule has 0 radical (unpaired) electrons. The number of alkyl halides is 3. The van der Waals surface area contributed by atoms with E-state index in [1.54, 1.807) is 11.9 Å². The molecule has 4 atom stereocenters. The third kappa shape index (κ3) is 6.12. The number of carbonyl (C=O) groups is 1. The number of amides is 1. The van der Waals surface area contributed by atoms with Gasteiger partial charge in [-0.3, -0.25) is 4.79 Å². The summed E-state index contributed by atoms with van der Waals surface area (Å²) in [5.41, 5.74) is 9.05. The van der Waals surface area contributed by atoms with Gasteiger partial charge < -0.3 is 19.9 Å². The molecule has 1 aromatic heterocycles.